The first-order chi connectivity index (χ1) is 11.2. The molecule has 0 bridgehead atoms. The lowest BCUT2D eigenvalue weighted by Crippen LogP contribution is -2.34. The number of hydrogen-bond donors (Lipinski definition) is 1. The molecule has 0 fully saturated rings. The van der Waals surface area contributed by atoms with E-state index >= 15 is 0 Å². The molecule has 130 valence electrons. The van der Waals surface area contributed by atoms with E-state index in [2.05, 4.69) is 0 Å². The molecule has 0 amide bonds. The molecule has 2 rings (SSSR count). The Balaban J connectivity index is 2.52. The summed E-state index contributed by atoms with van der Waals surface area (Å²) in [6, 6.07) is 6.70. The molecule has 6 nitrogen and oxygen atoms in total. The summed E-state index contributed by atoms with van der Waals surface area (Å²) in [5.74, 6) is -0.483. The van der Waals surface area contributed by atoms with E-state index in [0.717, 1.165) is 16.5 Å². The van der Waals surface area contributed by atoms with Gasteiger partial charge in [0.05, 0.1) is 12.6 Å². The Morgan fingerprint density at radius 1 is 1.25 bits per heavy atom. The van der Waals surface area contributed by atoms with Crippen LogP contribution in [0.15, 0.2) is 24.3 Å². The molecule has 0 radical (unpaired) electrons. The average molecular weight is 332 g/mol. The van der Waals surface area contributed by atoms with E-state index < -0.39 is 23.7 Å². The maximum atomic E-state index is 12.6. The number of para-hydroxylation sites is 1. The third-order valence-electron chi connectivity index (χ3n) is 3.75. The first-order valence-corrected chi connectivity index (χ1v) is 7.81. The Labute approximate surface area is 141 Å². The number of benzene rings is 1. The van der Waals surface area contributed by atoms with Gasteiger partial charge in [-0.25, -0.2) is 9.36 Å². The minimum Gasteiger partial charge on any atom is -0.468 e. The van der Waals surface area contributed by atoms with Gasteiger partial charge in [0.15, 0.2) is 0 Å². The monoisotopic (exact) mass is 332 g/mol. The summed E-state index contributed by atoms with van der Waals surface area (Å²) in [6.07, 6.45) is -0.163. The smallest absolute Gasteiger partial charge is 0.419 e. The van der Waals surface area contributed by atoms with Crippen LogP contribution in [0.1, 0.15) is 32.0 Å². The molecule has 2 aromatic rings. The van der Waals surface area contributed by atoms with Crippen LogP contribution >= 0.6 is 0 Å². The number of rotatable bonds is 3. The molecule has 1 atom stereocenters. The van der Waals surface area contributed by atoms with E-state index in [1.165, 1.54) is 11.7 Å². The summed E-state index contributed by atoms with van der Waals surface area (Å²) in [7, 11) is 1.30. The fourth-order valence-corrected chi connectivity index (χ4v) is 2.69. The summed E-state index contributed by atoms with van der Waals surface area (Å²) >= 11 is 0. The van der Waals surface area contributed by atoms with Crippen molar-refractivity contribution in [3.8, 4) is 0 Å². The predicted molar refractivity (Wildman–Crippen MR) is 92.0 cm³/mol. The summed E-state index contributed by atoms with van der Waals surface area (Å²) in [6.45, 7) is 7.28. The van der Waals surface area contributed by atoms with Crippen LogP contribution in [-0.2, 0) is 20.7 Å². The van der Waals surface area contributed by atoms with Gasteiger partial charge in [-0.2, -0.15) is 0 Å². The number of carbonyl (C=O) groups excluding carboxylic acids is 2. The molecule has 0 saturated heterocycles. The normalized spacial score (nSPS) is 12.9. The van der Waals surface area contributed by atoms with Crippen molar-refractivity contribution in [3.63, 3.8) is 0 Å². The SMILES string of the molecule is COC(=O)C(N)Cc1c(C)n(C(=O)OC(C)(C)C)c2ccccc12. The second kappa shape index (κ2) is 6.65. The minimum atomic E-state index is -0.786. The summed E-state index contributed by atoms with van der Waals surface area (Å²) < 4.78 is 11.7. The number of methoxy groups -OCH3 is 1. The highest BCUT2D eigenvalue weighted by Crippen LogP contribution is 2.28. The number of hydrogen-bond acceptors (Lipinski definition) is 5. The number of ether oxygens (including phenoxy) is 2. The average Bonchev–Trinajstić information content (AvgIpc) is 2.77. The van der Waals surface area contributed by atoms with Crippen LogP contribution in [-0.4, -0.2) is 35.4 Å². The maximum Gasteiger partial charge on any atom is 0.419 e. The van der Waals surface area contributed by atoms with E-state index in [1.807, 2.05) is 52.0 Å². The van der Waals surface area contributed by atoms with Gasteiger partial charge in [-0.3, -0.25) is 4.79 Å². The largest absolute Gasteiger partial charge is 0.468 e. The van der Waals surface area contributed by atoms with Crippen molar-refractivity contribution in [3.05, 3.63) is 35.5 Å². The predicted octanol–water partition coefficient (Wildman–Crippen LogP) is 2.78. The number of nitrogens with zero attached hydrogens (tertiary/aromatic N) is 1. The van der Waals surface area contributed by atoms with Crippen molar-refractivity contribution < 1.29 is 19.1 Å². The van der Waals surface area contributed by atoms with Crippen molar-refractivity contribution >= 4 is 23.0 Å². The lowest BCUT2D eigenvalue weighted by atomic mass is 10.0. The first-order valence-electron chi connectivity index (χ1n) is 7.81. The quantitative estimate of drug-likeness (QED) is 0.874. The number of nitrogens with two attached hydrogens (primary N) is 1. The van der Waals surface area contributed by atoms with Crippen LogP contribution in [0.5, 0.6) is 0 Å². The van der Waals surface area contributed by atoms with Crippen LogP contribution in [0, 0.1) is 6.92 Å². The standard InChI is InChI=1S/C18H24N2O4/c1-11-13(10-14(19)16(21)23-5)12-8-6-7-9-15(12)20(11)17(22)24-18(2,3)4/h6-9,14H,10,19H2,1-5H3. The number of fused-ring (bicyclic) bond motifs is 1. The third kappa shape index (κ3) is 3.59. The van der Waals surface area contributed by atoms with Gasteiger partial charge in [-0.05, 0) is 39.3 Å². The molecule has 1 heterocycles. The van der Waals surface area contributed by atoms with Crippen LogP contribution in [0.4, 0.5) is 4.79 Å². The van der Waals surface area contributed by atoms with Crippen molar-refractivity contribution in [2.75, 3.05) is 7.11 Å². The second-order valence-electron chi connectivity index (χ2n) is 6.73. The highest BCUT2D eigenvalue weighted by atomic mass is 16.6. The van der Waals surface area contributed by atoms with Gasteiger partial charge in [0.1, 0.15) is 11.6 Å². The number of carbonyl (C=O) groups is 2. The van der Waals surface area contributed by atoms with E-state index in [-0.39, 0.29) is 6.42 Å². The zero-order valence-corrected chi connectivity index (χ0v) is 14.8. The van der Waals surface area contributed by atoms with Crippen LogP contribution in [0.3, 0.4) is 0 Å². The van der Waals surface area contributed by atoms with E-state index in [1.54, 1.807) is 0 Å². The van der Waals surface area contributed by atoms with Gasteiger partial charge in [0, 0.05) is 17.5 Å². The van der Waals surface area contributed by atoms with Crippen LogP contribution in [0.25, 0.3) is 10.9 Å². The molecule has 0 saturated carbocycles. The topological polar surface area (TPSA) is 83.5 Å². The molecule has 0 aliphatic carbocycles. The Kier molecular flexibility index (Phi) is 4.99. The molecule has 0 aliphatic rings. The van der Waals surface area contributed by atoms with Gasteiger partial charge in [-0.1, -0.05) is 18.2 Å². The Morgan fingerprint density at radius 2 is 1.88 bits per heavy atom. The van der Waals surface area contributed by atoms with Crippen molar-refractivity contribution in [2.24, 2.45) is 5.73 Å². The molecule has 0 aliphatic heterocycles. The second-order valence-corrected chi connectivity index (χ2v) is 6.73. The molecular weight excluding hydrogens is 308 g/mol. The highest BCUT2D eigenvalue weighted by molar-refractivity contribution is 5.94. The Hall–Kier alpha value is -2.34. The van der Waals surface area contributed by atoms with Gasteiger partial charge in [-0.15, -0.1) is 0 Å². The summed E-state index contributed by atoms with van der Waals surface area (Å²) in [4.78, 5) is 24.2. The van der Waals surface area contributed by atoms with Gasteiger partial charge >= 0.3 is 12.1 Å². The van der Waals surface area contributed by atoms with Gasteiger partial charge in [0.2, 0.25) is 0 Å². The lowest BCUT2D eigenvalue weighted by Gasteiger charge is -2.20. The number of aromatic nitrogens is 1. The van der Waals surface area contributed by atoms with E-state index in [4.69, 9.17) is 15.2 Å². The molecule has 1 unspecified atom stereocenters. The molecular formula is C18H24N2O4. The fraction of sp³-hybridized carbons (Fsp3) is 0.444. The third-order valence-corrected chi connectivity index (χ3v) is 3.75. The molecule has 6 heteroatoms. The molecule has 1 aromatic carbocycles. The van der Waals surface area contributed by atoms with Crippen molar-refractivity contribution in [1.29, 1.82) is 0 Å². The zero-order chi connectivity index (χ0) is 18.1. The summed E-state index contributed by atoms with van der Waals surface area (Å²) in [5.41, 5.74) is 7.59. The highest BCUT2D eigenvalue weighted by Gasteiger charge is 2.25. The van der Waals surface area contributed by atoms with E-state index in [0.29, 0.717) is 5.69 Å². The fourth-order valence-electron chi connectivity index (χ4n) is 2.69. The molecule has 0 spiro atoms. The molecule has 1 aromatic heterocycles. The summed E-state index contributed by atoms with van der Waals surface area (Å²) in [5, 5.41) is 0.875. The maximum absolute atomic E-state index is 12.6. The zero-order valence-electron chi connectivity index (χ0n) is 14.8. The Morgan fingerprint density at radius 3 is 2.46 bits per heavy atom. The van der Waals surface area contributed by atoms with Gasteiger partial charge in [0.25, 0.3) is 0 Å². The van der Waals surface area contributed by atoms with E-state index in [9.17, 15) is 9.59 Å². The van der Waals surface area contributed by atoms with Crippen molar-refractivity contribution in [1.82, 2.24) is 4.57 Å². The molecule has 24 heavy (non-hydrogen) atoms. The number of esters is 1. The minimum absolute atomic E-state index is 0.287. The lowest BCUT2D eigenvalue weighted by molar-refractivity contribution is -0.142. The van der Waals surface area contributed by atoms with Crippen LogP contribution in [0.2, 0.25) is 0 Å². The van der Waals surface area contributed by atoms with Crippen molar-refractivity contribution in [2.45, 2.75) is 45.8 Å². The van der Waals surface area contributed by atoms with Crippen LogP contribution < -0.4 is 5.73 Å². The first kappa shape index (κ1) is 18.0. The molecule has 2 N–H and O–H groups in total. The van der Waals surface area contributed by atoms with Gasteiger partial charge < -0.3 is 15.2 Å². The Bertz CT molecular complexity index is 771.